The molecule has 0 aliphatic carbocycles. The Bertz CT molecular complexity index is 1210. The van der Waals surface area contributed by atoms with E-state index < -0.39 is 23.0 Å². The number of anilines is 2. The van der Waals surface area contributed by atoms with Crippen LogP contribution in [0.2, 0.25) is 5.02 Å². The molecule has 0 atom stereocenters. The topological polar surface area (TPSA) is 94.1 Å². The zero-order valence-electron chi connectivity index (χ0n) is 19.0. The second-order valence-electron chi connectivity index (χ2n) is 8.89. The standard InChI is InChI=1S/C24H26ClF2N5O2/c1-14-3-4-16(22(27)21(14)25)13-32-9-7-24(8-10-32,23(33)34)12-18-17(26)5-6-19(28-18)29-20-11-15(2)30-31-20/h3-6,11H,7-10,12-13H2,1-2H3,(H,33,34)(H2,28,29,30,31). The lowest BCUT2D eigenvalue weighted by molar-refractivity contribution is -0.152. The molecule has 1 fully saturated rings. The Labute approximate surface area is 201 Å². The van der Waals surface area contributed by atoms with E-state index >= 15 is 0 Å². The van der Waals surface area contributed by atoms with Crippen LogP contribution in [-0.4, -0.2) is 44.2 Å². The van der Waals surface area contributed by atoms with Crippen LogP contribution in [0.1, 0.15) is 35.4 Å². The van der Waals surface area contributed by atoms with Crippen LogP contribution in [0.4, 0.5) is 20.4 Å². The number of nitrogens with one attached hydrogen (secondary N) is 2. The number of benzene rings is 1. The van der Waals surface area contributed by atoms with Crippen molar-refractivity contribution >= 4 is 29.2 Å². The summed E-state index contributed by atoms with van der Waals surface area (Å²) in [7, 11) is 0. The number of hydrogen-bond donors (Lipinski definition) is 3. The first-order chi connectivity index (χ1) is 16.2. The van der Waals surface area contributed by atoms with Crippen molar-refractivity contribution in [3.05, 3.63) is 69.5 Å². The minimum atomic E-state index is -1.16. The summed E-state index contributed by atoms with van der Waals surface area (Å²) in [6.45, 7) is 4.79. The second-order valence-corrected chi connectivity index (χ2v) is 9.27. The van der Waals surface area contributed by atoms with Crippen molar-refractivity contribution in [3.8, 4) is 0 Å². The zero-order chi connectivity index (χ0) is 24.5. The van der Waals surface area contributed by atoms with Gasteiger partial charge in [-0.05, 0) is 57.5 Å². The summed E-state index contributed by atoms with van der Waals surface area (Å²) in [6.07, 6.45) is 0.545. The number of aliphatic carboxylic acids is 1. The summed E-state index contributed by atoms with van der Waals surface area (Å²) >= 11 is 6.03. The lowest BCUT2D eigenvalue weighted by atomic mass is 9.74. The Morgan fingerprint density at radius 2 is 1.94 bits per heavy atom. The third-order valence-corrected chi connectivity index (χ3v) is 6.87. The Kier molecular flexibility index (Phi) is 6.86. The summed E-state index contributed by atoms with van der Waals surface area (Å²) in [5.74, 6) is -1.07. The molecule has 34 heavy (non-hydrogen) atoms. The molecule has 10 heteroatoms. The second kappa shape index (κ2) is 9.68. The quantitative estimate of drug-likeness (QED) is 0.432. The number of nitrogens with zero attached hydrogens (tertiary/aromatic N) is 3. The molecular weight excluding hydrogens is 464 g/mol. The Balaban J connectivity index is 1.47. The molecule has 0 unspecified atom stereocenters. The van der Waals surface area contributed by atoms with Crippen molar-refractivity contribution in [3.63, 3.8) is 0 Å². The highest BCUT2D eigenvalue weighted by Crippen LogP contribution is 2.37. The zero-order valence-corrected chi connectivity index (χ0v) is 19.7. The van der Waals surface area contributed by atoms with Crippen LogP contribution in [0.5, 0.6) is 0 Å². The molecule has 0 bridgehead atoms. The van der Waals surface area contributed by atoms with Crippen LogP contribution in [0.3, 0.4) is 0 Å². The largest absolute Gasteiger partial charge is 0.481 e. The highest BCUT2D eigenvalue weighted by molar-refractivity contribution is 6.31. The summed E-state index contributed by atoms with van der Waals surface area (Å²) in [5.41, 5.74) is 0.923. The van der Waals surface area contributed by atoms with Crippen LogP contribution < -0.4 is 5.32 Å². The fourth-order valence-electron chi connectivity index (χ4n) is 4.27. The molecule has 180 valence electrons. The average Bonchev–Trinajstić information content (AvgIpc) is 3.22. The van der Waals surface area contributed by atoms with Crippen molar-refractivity contribution in [2.45, 2.75) is 39.7 Å². The van der Waals surface area contributed by atoms with Crippen molar-refractivity contribution in [1.29, 1.82) is 0 Å². The summed E-state index contributed by atoms with van der Waals surface area (Å²) < 4.78 is 29.1. The number of aromatic amines is 1. The number of piperidine rings is 1. The van der Waals surface area contributed by atoms with E-state index in [1.165, 1.54) is 12.1 Å². The van der Waals surface area contributed by atoms with Crippen molar-refractivity contribution in [2.24, 2.45) is 5.41 Å². The molecule has 1 saturated heterocycles. The minimum absolute atomic E-state index is 0.0398. The van der Waals surface area contributed by atoms with Gasteiger partial charge in [0.1, 0.15) is 17.5 Å². The van der Waals surface area contributed by atoms with Crippen LogP contribution >= 0.6 is 11.6 Å². The molecular formula is C24H26ClF2N5O2. The number of carbonyl (C=O) groups is 1. The molecule has 1 aliphatic heterocycles. The number of rotatable bonds is 7. The van der Waals surface area contributed by atoms with Gasteiger partial charge in [-0.25, -0.2) is 13.8 Å². The van der Waals surface area contributed by atoms with Crippen molar-refractivity contribution in [1.82, 2.24) is 20.1 Å². The number of hydrogen-bond acceptors (Lipinski definition) is 5. The monoisotopic (exact) mass is 489 g/mol. The Hall–Kier alpha value is -3.04. The van der Waals surface area contributed by atoms with E-state index in [0.29, 0.717) is 55.2 Å². The highest BCUT2D eigenvalue weighted by atomic mass is 35.5. The van der Waals surface area contributed by atoms with Gasteiger partial charge >= 0.3 is 5.97 Å². The predicted octanol–water partition coefficient (Wildman–Crippen LogP) is 5.01. The number of aromatic nitrogens is 3. The molecule has 3 aromatic rings. The van der Waals surface area contributed by atoms with Gasteiger partial charge in [-0.3, -0.25) is 14.8 Å². The normalized spacial score (nSPS) is 15.9. The van der Waals surface area contributed by atoms with Crippen LogP contribution in [0.15, 0.2) is 30.3 Å². The average molecular weight is 490 g/mol. The molecule has 0 radical (unpaired) electrons. The lowest BCUT2D eigenvalue weighted by Gasteiger charge is -2.39. The molecule has 1 aliphatic rings. The summed E-state index contributed by atoms with van der Waals surface area (Å²) in [5, 5.41) is 20.0. The van der Waals surface area contributed by atoms with Gasteiger partial charge in [-0.15, -0.1) is 0 Å². The third-order valence-electron chi connectivity index (χ3n) is 6.40. The smallest absolute Gasteiger partial charge is 0.310 e. The van der Waals surface area contributed by atoms with Crippen LogP contribution in [0, 0.1) is 30.9 Å². The third kappa shape index (κ3) is 5.05. The van der Waals surface area contributed by atoms with Gasteiger partial charge in [0, 0.05) is 30.3 Å². The van der Waals surface area contributed by atoms with Gasteiger partial charge in [-0.2, -0.15) is 5.10 Å². The van der Waals surface area contributed by atoms with Crippen molar-refractivity contribution < 1.29 is 18.7 Å². The number of carboxylic acid groups (broad SMARTS) is 1. The van der Waals surface area contributed by atoms with Gasteiger partial charge < -0.3 is 10.4 Å². The number of pyridine rings is 1. The highest BCUT2D eigenvalue weighted by Gasteiger charge is 2.42. The first-order valence-corrected chi connectivity index (χ1v) is 11.4. The maximum atomic E-state index is 14.6. The van der Waals surface area contributed by atoms with E-state index in [2.05, 4.69) is 20.5 Å². The van der Waals surface area contributed by atoms with E-state index in [4.69, 9.17) is 11.6 Å². The maximum absolute atomic E-state index is 14.6. The molecule has 0 amide bonds. The number of halogens is 3. The molecule has 1 aromatic carbocycles. The van der Waals surface area contributed by atoms with E-state index in [-0.39, 0.29) is 17.1 Å². The van der Waals surface area contributed by atoms with Gasteiger partial charge in [0.2, 0.25) is 0 Å². The number of aryl methyl sites for hydroxylation is 2. The molecule has 0 spiro atoms. The Morgan fingerprint density at radius 1 is 1.21 bits per heavy atom. The first kappa shape index (κ1) is 24.1. The first-order valence-electron chi connectivity index (χ1n) is 11.0. The van der Waals surface area contributed by atoms with Gasteiger partial charge in [0.05, 0.1) is 16.1 Å². The predicted molar refractivity (Wildman–Crippen MR) is 125 cm³/mol. The molecule has 0 saturated carbocycles. The molecule has 2 aromatic heterocycles. The van der Waals surface area contributed by atoms with Crippen molar-refractivity contribution in [2.75, 3.05) is 18.4 Å². The lowest BCUT2D eigenvalue weighted by Crippen LogP contribution is -2.45. The number of H-pyrrole nitrogens is 1. The number of carboxylic acids is 1. The Morgan fingerprint density at radius 3 is 2.59 bits per heavy atom. The van der Waals surface area contributed by atoms with E-state index in [0.717, 1.165) is 5.69 Å². The van der Waals surface area contributed by atoms with Crippen LogP contribution in [-0.2, 0) is 17.8 Å². The minimum Gasteiger partial charge on any atom is -0.481 e. The van der Waals surface area contributed by atoms with E-state index in [1.807, 2.05) is 11.8 Å². The fourth-order valence-corrected chi connectivity index (χ4v) is 4.45. The number of likely N-dealkylation sites (tertiary alicyclic amines) is 1. The fraction of sp³-hybridized carbons (Fsp3) is 0.375. The maximum Gasteiger partial charge on any atom is 0.310 e. The summed E-state index contributed by atoms with van der Waals surface area (Å²) in [4.78, 5) is 18.6. The SMILES string of the molecule is Cc1cc(Nc2ccc(F)c(CC3(C(=O)O)CCN(Cc4ccc(C)c(Cl)c4F)CC3)n2)n[nH]1. The summed E-state index contributed by atoms with van der Waals surface area (Å²) in [6, 6.07) is 8.02. The molecule has 4 rings (SSSR count). The van der Waals surface area contributed by atoms with Gasteiger partial charge in [0.15, 0.2) is 5.82 Å². The van der Waals surface area contributed by atoms with Crippen LogP contribution in [0.25, 0.3) is 0 Å². The molecule has 3 N–H and O–H groups in total. The van der Waals surface area contributed by atoms with E-state index in [9.17, 15) is 18.7 Å². The van der Waals surface area contributed by atoms with E-state index in [1.54, 1.807) is 25.1 Å². The molecule has 7 nitrogen and oxygen atoms in total. The van der Waals surface area contributed by atoms with Gasteiger partial charge in [-0.1, -0.05) is 23.7 Å². The van der Waals surface area contributed by atoms with Gasteiger partial charge in [0.25, 0.3) is 0 Å². The molecule has 3 heterocycles.